The average Bonchev–Trinajstić information content (AvgIpc) is 3.13. The topological polar surface area (TPSA) is 58.9 Å². The van der Waals surface area contributed by atoms with Crippen molar-refractivity contribution in [3.63, 3.8) is 0 Å². The van der Waals surface area contributed by atoms with Gasteiger partial charge in [0.1, 0.15) is 0 Å². The number of fused-ring (bicyclic) bond motifs is 2. The Kier molecular flexibility index (Phi) is 5.08. The summed E-state index contributed by atoms with van der Waals surface area (Å²) in [6.45, 7) is 16.0. The summed E-state index contributed by atoms with van der Waals surface area (Å²) in [6.07, 6.45) is 11.8. The lowest BCUT2D eigenvalue weighted by Gasteiger charge is -2.63. The van der Waals surface area contributed by atoms with Crippen LogP contribution < -0.4 is 0 Å². The van der Waals surface area contributed by atoms with Crippen molar-refractivity contribution >= 4 is 0 Å². The normalized spacial score (nSPS) is 58.8. The summed E-state index contributed by atoms with van der Waals surface area (Å²) >= 11 is 0. The lowest BCUT2D eigenvalue weighted by atomic mass is 9.41. The van der Waals surface area contributed by atoms with E-state index in [9.17, 15) is 10.2 Å². The van der Waals surface area contributed by atoms with Gasteiger partial charge in [-0.15, -0.1) is 0 Å². The van der Waals surface area contributed by atoms with E-state index in [1.807, 2.05) is 21.0 Å². The van der Waals surface area contributed by atoms with Gasteiger partial charge in [0.25, 0.3) is 0 Å². The predicted octanol–water partition coefficient (Wildman–Crippen LogP) is 6.12. The molecular formula is C31H52O4. The Labute approximate surface area is 213 Å². The standard InChI is InChI=1S/C31H52O4/c1-25(2)20-9-10-21-28(6)17-19(32)24(29(7)13-11-23(35-29)26(3,4)33)27(28,5)15-16-31(21)18-30(20,31)14-12-22(25)34-8/h19-24,32-33H,9-18H2,1-8H3/t19?,20?,21?,22?,23?,24?,27-,28+,29-,30?,31?/m1/s1. The molecule has 0 bridgehead atoms. The summed E-state index contributed by atoms with van der Waals surface area (Å²) in [4.78, 5) is 0. The highest BCUT2D eigenvalue weighted by atomic mass is 16.5. The molecule has 0 radical (unpaired) electrons. The molecule has 1 saturated heterocycles. The molecule has 1 aliphatic heterocycles. The van der Waals surface area contributed by atoms with Gasteiger partial charge in [-0.1, -0.05) is 27.7 Å². The Morgan fingerprint density at radius 3 is 2.11 bits per heavy atom. The first-order chi connectivity index (χ1) is 16.1. The van der Waals surface area contributed by atoms with Gasteiger partial charge in [0.05, 0.1) is 29.5 Å². The zero-order valence-electron chi connectivity index (χ0n) is 23.7. The summed E-state index contributed by atoms with van der Waals surface area (Å²) < 4.78 is 12.7. The minimum atomic E-state index is -0.839. The van der Waals surface area contributed by atoms with E-state index >= 15 is 0 Å². The van der Waals surface area contributed by atoms with Gasteiger partial charge in [0.15, 0.2) is 0 Å². The van der Waals surface area contributed by atoms with Crippen molar-refractivity contribution in [2.75, 3.05) is 7.11 Å². The van der Waals surface area contributed by atoms with Gasteiger partial charge in [0.2, 0.25) is 0 Å². The highest BCUT2D eigenvalue weighted by Gasteiger charge is 2.83. The number of ether oxygens (including phenoxy) is 2. The Hall–Kier alpha value is -0.160. The number of methoxy groups -OCH3 is 1. The molecule has 4 nitrogen and oxygen atoms in total. The number of hydrogen-bond donors (Lipinski definition) is 2. The molecule has 6 rings (SSSR count). The minimum Gasteiger partial charge on any atom is -0.393 e. The molecular weight excluding hydrogens is 436 g/mol. The fourth-order valence-electron chi connectivity index (χ4n) is 12.5. The largest absolute Gasteiger partial charge is 0.393 e. The van der Waals surface area contributed by atoms with Crippen LogP contribution in [0, 0.1) is 44.8 Å². The van der Waals surface area contributed by atoms with Crippen LogP contribution in [0.2, 0.25) is 0 Å². The smallest absolute Gasteiger partial charge is 0.0865 e. The second-order valence-corrected chi connectivity index (χ2v) is 16.0. The third-order valence-electron chi connectivity index (χ3n) is 14.1. The van der Waals surface area contributed by atoms with Crippen LogP contribution in [0.25, 0.3) is 0 Å². The Morgan fingerprint density at radius 1 is 0.829 bits per heavy atom. The van der Waals surface area contributed by atoms with Crippen LogP contribution in [-0.4, -0.2) is 46.8 Å². The molecule has 11 atom stereocenters. The van der Waals surface area contributed by atoms with Gasteiger partial charge >= 0.3 is 0 Å². The highest BCUT2D eigenvalue weighted by Crippen LogP contribution is 2.89. The first-order valence-corrected chi connectivity index (χ1v) is 14.7. The molecule has 4 heteroatoms. The van der Waals surface area contributed by atoms with E-state index in [0.717, 1.165) is 25.2 Å². The molecule has 8 unspecified atom stereocenters. The summed E-state index contributed by atoms with van der Waals surface area (Å²) in [6, 6.07) is 0. The molecule has 2 N–H and O–H groups in total. The second kappa shape index (κ2) is 7.07. The van der Waals surface area contributed by atoms with Crippen LogP contribution in [0.4, 0.5) is 0 Å². The van der Waals surface area contributed by atoms with Crippen LogP contribution >= 0.6 is 0 Å². The number of aliphatic hydroxyl groups is 2. The molecule has 6 fully saturated rings. The monoisotopic (exact) mass is 488 g/mol. The zero-order chi connectivity index (χ0) is 25.4. The van der Waals surface area contributed by atoms with Gasteiger partial charge in [-0.25, -0.2) is 0 Å². The third kappa shape index (κ3) is 2.84. The van der Waals surface area contributed by atoms with Crippen molar-refractivity contribution in [1.29, 1.82) is 0 Å². The van der Waals surface area contributed by atoms with Gasteiger partial charge in [-0.2, -0.15) is 0 Å². The van der Waals surface area contributed by atoms with E-state index in [2.05, 4.69) is 34.6 Å². The lowest BCUT2D eigenvalue weighted by Crippen LogP contribution is -2.59. The van der Waals surface area contributed by atoms with Crippen molar-refractivity contribution in [1.82, 2.24) is 0 Å². The number of hydrogen-bond acceptors (Lipinski definition) is 4. The van der Waals surface area contributed by atoms with Crippen molar-refractivity contribution < 1.29 is 19.7 Å². The Balaban J connectivity index is 1.33. The summed E-state index contributed by atoms with van der Waals surface area (Å²) in [7, 11) is 1.92. The minimum absolute atomic E-state index is 0.0709. The molecule has 0 aromatic heterocycles. The first kappa shape index (κ1) is 25.1. The predicted molar refractivity (Wildman–Crippen MR) is 138 cm³/mol. The van der Waals surface area contributed by atoms with Crippen LogP contribution in [0.15, 0.2) is 0 Å². The maximum absolute atomic E-state index is 11.8. The fourth-order valence-corrected chi connectivity index (χ4v) is 12.5. The van der Waals surface area contributed by atoms with Crippen molar-refractivity contribution in [3.05, 3.63) is 0 Å². The van der Waals surface area contributed by atoms with Gasteiger partial charge in [-0.05, 0) is 124 Å². The highest BCUT2D eigenvalue weighted by molar-refractivity contribution is 5.31. The SMILES string of the molecule is COC1CCC23CC24CC[C@]2(C)C([C@@]5(C)CCC(C(C)(C)O)O5)C(O)C[C@@]2(C)C4CCC3C1(C)C. The van der Waals surface area contributed by atoms with E-state index in [1.54, 1.807) is 0 Å². The van der Waals surface area contributed by atoms with E-state index < -0.39 is 5.60 Å². The van der Waals surface area contributed by atoms with E-state index in [4.69, 9.17) is 9.47 Å². The average molecular weight is 489 g/mol. The first-order valence-electron chi connectivity index (χ1n) is 14.7. The van der Waals surface area contributed by atoms with Crippen molar-refractivity contribution in [3.8, 4) is 0 Å². The van der Waals surface area contributed by atoms with E-state index in [1.165, 1.54) is 44.9 Å². The Morgan fingerprint density at radius 2 is 1.49 bits per heavy atom. The molecule has 5 aliphatic carbocycles. The quantitative estimate of drug-likeness (QED) is 0.502. The number of aliphatic hydroxyl groups excluding tert-OH is 1. The second-order valence-electron chi connectivity index (χ2n) is 16.0. The maximum Gasteiger partial charge on any atom is 0.0865 e. The van der Waals surface area contributed by atoms with Crippen LogP contribution in [0.5, 0.6) is 0 Å². The lowest BCUT2D eigenvalue weighted by molar-refractivity contribution is -0.197. The van der Waals surface area contributed by atoms with Crippen LogP contribution in [0.1, 0.15) is 113 Å². The molecule has 2 spiro atoms. The molecule has 6 aliphatic rings. The van der Waals surface area contributed by atoms with Crippen molar-refractivity contribution in [2.45, 2.75) is 142 Å². The molecule has 0 aromatic carbocycles. The van der Waals surface area contributed by atoms with Gasteiger partial charge in [0, 0.05) is 13.0 Å². The van der Waals surface area contributed by atoms with Crippen LogP contribution in [-0.2, 0) is 9.47 Å². The Bertz CT molecular complexity index is 893. The summed E-state index contributed by atoms with van der Waals surface area (Å²) in [5.74, 6) is 1.61. The van der Waals surface area contributed by atoms with Gasteiger partial charge in [-0.3, -0.25) is 0 Å². The molecule has 5 saturated carbocycles. The van der Waals surface area contributed by atoms with Crippen molar-refractivity contribution in [2.24, 2.45) is 44.8 Å². The van der Waals surface area contributed by atoms with E-state index in [-0.39, 0.29) is 40.0 Å². The van der Waals surface area contributed by atoms with Gasteiger partial charge < -0.3 is 19.7 Å². The molecule has 0 amide bonds. The van der Waals surface area contributed by atoms with E-state index in [0.29, 0.717) is 22.9 Å². The fraction of sp³-hybridized carbons (Fsp3) is 1.00. The van der Waals surface area contributed by atoms with Crippen LogP contribution in [0.3, 0.4) is 0 Å². The third-order valence-corrected chi connectivity index (χ3v) is 14.1. The molecule has 1 heterocycles. The summed E-state index contributed by atoms with van der Waals surface area (Å²) in [5, 5.41) is 22.5. The molecule has 0 aromatic rings. The maximum atomic E-state index is 11.8. The molecule has 35 heavy (non-hydrogen) atoms. The molecule has 200 valence electrons. The summed E-state index contributed by atoms with van der Waals surface area (Å²) in [5.41, 5.74) is 0.237. The zero-order valence-corrected chi connectivity index (χ0v) is 23.7. The number of rotatable bonds is 3.